The van der Waals surface area contributed by atoms with E-state index in [9.17, 15) is 4.79 Å². The second-order valence-electron chi connectivity index (χ2n) is 13.7. The number of carbonyl (C=O) groups is 1. The summed E-state index contributed by atoms with van der Waals surface area (Å²) in [5.74, 6) is 2.11. The molecule has 0 spiro atoms. The summed E-state index contributed by atoms with van der Waals surface area (Å²) in [4.78, 5) is 19.1. The number of hydrogen-bond donors (Lipinski definition) is 2. The zero-order chi connectivity index (χ0) is 36.3. The van der Waals surface area contributed by atoms with Gasteiger partial charge in [-0.2, -0.15) is 4.98 Å². The van der Waals surface area contributed by atoms with Gasteiger partial charge in [-0.15, -0.1) is 5.10 Å². The number of rotatable bonds is 11. The molecule has 0 fully saturated rings. The van der Waals surface area contributed by atoms with Crippen molar-refractivity contribution in [1.29, 1.82) is 0 Å². The SMILES string of the molecule is CCOc1cc(C2C(C(=O)Nc3cccc(C)c3C)=C(C)Nc3nc(SCc4ccccc4Cl)nn32)ccc1OCc1ccc(C(C)(C)C)cc1. The number of aromatic nitrogens is 3. The molecule has 0 saturated heterocycles. The normalized spacial score (nSPS) is 14.2. The Morgan fingerprint density at radius 2 is 1.73 bits per heavy atom. The third-order valence-corrected chi connectivity index (χ3v) is 10.3. The Hall–Kier alpha value is -4.73. The molecule has 1 aliphatic heterocycles. The van der Waals surface area contributed by atoms with E-state index < -0.39 is 6.04 Å². The number of hydrogen-bond acceptors (Lipinski definition) is 7. The van der Waals surface area contributed by atoms with Gasteiger partial charge in [0.1, 0.15) is 12.6 Å². The predicted molar refractivity (Wildman–Crippen MR) is 207 cm³/mol. The Morgan fingerprint density at radius 1 is 0.961 bits per heavy atom. The fourth-order valence-electron chi connectivity index (χ4n) is 5.97. The molecule has 1 aromatic heterocycles. The van der Waals surface area contributed by atoms with Crippen LogP contribution in [0.3, 0.4) is 0 Å². The summed E-state index contributed by atoms with van der Waals surface area (Å²) in [7, 11) is 0. The van der Waals surface area contributed by atoms with Crippen LogP contribution in [0, 0.1) is 13.8 Å². The van der Waals surface area contributed by atoms with E-state index in [1.807, 2.05) is 88.4 Å². The largest absolute Gasteiger partial charge is 0.490 e. The second kappa shape index (κ2) is 15.3. The maximum absolute atomic E-state index is 14.3. The van der Waals surface area contributed by atoms with Crippen molar-refractivity contribution in [2.75, 3.05) is 17.2 Å². The molecule has 5 aromatic rings. The van der Waals surface area contributed by atoms with Crippen LogP contribution in [0.1, 0.15) is 74.0 Å². The first-order valence-corrected chi connectivity index (χ1v) is 18.5. The molecule has 1 amide bonds. The van der Waals surface area contributed by atoms with Crippen molar-refractivity contribution >= 4 is 40.9 Å². The van der Waals surface area contributed by atoms with Gasteiger partial charge in [0.25, 0.3) is 5.91 Å². The number of carbonyl (C=O) groups excluding carboxylic acids is 1. The van der Waals surface area contributed by atoms with Crippen LogP contribution in [0.4, 0.5) is 11.6 Å². The van der Waals surface area contributed by atoms with Crippen molar-refractivity contribution < 1.29 is 14.3 Å². The molecular weight excluding hydrogens is 678 g/mol. The van der Waals surface area contributed by atoms with E-state index in [2.05, 4.69) is 55.7 Å². The summed E-state index contributed by atoms with van der Waals surface area (Å²) in [6.07, 6.45) is 0. The molecule has 264 valence electrons. The number of ether oxygens (including phenoxy) is 2. The third-order valence-electron chi connectivity index (χ3n) is 9.04. The van der Waals surface area contributed by atoms with Crippen molar-refractivity contribution in [3.63, 3.8) is 0 Å². The van der Waals surface area contributed by atoms with E-state index in [1.54, 1.807) is 4.68 Å². The summed E-state index contributed by atoms with van der Waals surface area (Å²) in [5, 5.41) is 12.7. The summed E-state index contributed by atoms with van der Waals surface area (Å²) < 4.78 is 14.2. The molecule has 1 unspecified atom stereocenters. The number of halogens is 1. The quantitative estimate of drug-likeness (QED) is 0.131. The number of thioether (sulfide) groups is 1. The minimum Gasteiger partial charge on any atom is -0.490 e. The van der Waals surface area contributed by atoms with Crippen molar-refractivity contribution in [3.8, 4) is 11.5 Å². The number of fused-ring (bicyclic) bond motifs is 1. The lowest BCUT2D eigenvalue weighted by Gasteiger charge is -2.29. The predicted octanol–water partition coefficient (Wildman–Crippen LogP) is 10.0. The van der Waals surface area contributed by atoms with E-state index in [1.165, 1.54) is 17.3 Å². The summed E-state index contributed by atoms with van der Waals surface area (Å²) >= 11 is 7.93. The fraction of sp³-hybridized carbons (Fsp3) is 0.293. The molecule has 8 nitrogen and oxygen atoms in total. The van der Waals surface area contributed by atoms with Crippen LogP contribution in [0.5, 0.6) is 11.5 Å². The number of anilines is 2. The average molecular weight is 722 g/mol. The standard InChI is InChI=1S/C41H44ClN5O3S/c1-8-49-35-22-29(18-21-34(35)50-23-28-16-19-31(20-17-28)41(5,6)7)37-36(38(48)44-33-15-11-12-25(2)26(33)3)27(4)43-39-45-40(46-47(37)39)51-24-30-13-9-10-14-32(30)42/h9-22,37H,8,23-24H2,1-7H3,(H,44,48)(H,43,45,46). The van der Waals surface area contributed by atoms with Crippen LogP contribution in [0.15, 0.2) is 101 Å². The van der Waals surface area contributed by atoms with Gasteiger partial charge < -0.3 is 20.1 Å². The minimum atomic E-state index is -0.605. The first-order valence-electron chi connectivity index (χ1n) is 17.1. The molecule has 51 heavy (non-hydrogen) atoms. The van der Waals surface area contributed by atoms with E-state index in [0.29, 0.717) is 57.9 Å². The summed E-state index contributed by atoms with van der Waals surface area (Å²) in [6.45, 7) is 15.3. The van der Waals surface area contributed by atoms with Crippen molar-refractivity contribution in [2.45, 2.75) is 77.4 Å². The number of allylic oxidation sites excluding steroid dienone is 1. The Kier molecular flexibility index (Phi) is 10.8. The molecule has 0 radical (unpaired) electrons. The van der Waals surface area contributed by atoms with Gasteiger partial charge in [0.2, 0.25) is 11.1 Å². The van der Waals surface area contributed by atoms with Crippen LogP contribution in [0.25, 0.3) is 0 Å². The molecule has 6 rings (SSSR count). The lowest BCUT2D eigenvalue weighted by molar-refractivity contribution is -0.113. The Labute approximate surface area is 309 Å². The Balaban J connectivity index is 1.34. The molecular formula is C41H44ClN5O3S. The molecule has 0 aliphatic carbocycles. The smallest absolute Gasteiger partial charge is 0.255 e. The van der Waals surface area contributed by atoms with Crippen LogP contribution in [-0.2, 0) is 22.6 Å². The summed E-state index contributed by atoms with van der Waals surface area (Å²) in [5.41, 5.74) is 8.27. The van der Waals surface area contributed by atoms with Gasteiger partial charge in [0, 0.05) is 22.2 Å². The minimum absolute atomic E-state index is 0.0758. The number of nitrogens with zero attached hydrogens (tertiary/aromatic N) is 3. The topological polar surface area (TPSA) is 90.3 Å². The van der Waals surface area contributed by atoms with E-state index >= 15 is 0 Å². The van der Waals surface area contributed by atoms with Crippen LogP contribution in [0.2, 0.25) is 5.02 Å². The number of nitrogens with one attached hydrogen (secondary N) is 2. The third kappa shape index (κ3) is 8.10. The van der Waals surface area contributed by atoms with Gasteiger partial charge in [0.05, 0.1) is 12.2 Å². The van der Waals surface area contributed by atoms with Crippen molar-refractivity contribution in [2.24, 2.45) is 0 Å². The molecule has 1 aliphatic rings. The van der Waals surface area contributed by atoms with Gasteiger partial charge in [0.15, 0.2) is 11.5 Å². The first kappa shape index (κ1) is 36.1. The van der Waals surface area contributed by atoms with Crippen LogP contribution in [-0.4, -0.2) is 27.3 Å². The lowest BCUT2D eigenvalue weighted by atomic mass is 9.87. The zero-order valence-corrected chi connectivity index (χ0v) is 31.7. The number of amides is 1. The van der Waals surface area contributed by atoms with Crippen LogP contribution < -0.4 is 20.1 Å². The molecule has 1 atom stereocenters. The average Bonchev–Trinajstić information content (AvgIpc) is 3.51. The molecule has 4 aromatic carbocycles. The molecule has 2 heterocycles. The van der Waals surface area contributed by atoms with Crippen molar-refractivity contribution in [1.82, 2.24) is 14.8 Å². The van der Waals surface area contributed by atoms with E-state index in [4.69, 9.17) is 31.2 Å². The van der Waals surface area contributed by atoms with Crippen LogP contribution >= 0.6 is 23.4 Å². The van der Waals surface area contributed by atoms with E-state index in [0.717, 1.165) is 33.5 Å². The van der Waals surface area contributed by atoms with E-state index in [-0.39, 0.29) is 11.3 Å². The maximum Gasteiger partial charge on any atom is 0.255 e. The lowest BCUT2D eigenvalue weighted by Crippen LogP contribution is -2.31. The zero-order valence-electron chi connectivity index (χ0n) is 30.1. The highest BCUT2D eigenvalue weighted by molar-refractivity contribution is 7.98. The van der Waals surface area contributed by atoms with Gasteiger partial charge in [-0.05, 0) is 90.8 Å². The highest BCUT2D eigenvalue weighted by Crippen LogP contribution is 2.41. The van der Waals surface area contributed by atoms with Crippen molar-refractivity contribution in [3.05, 3.63) is 135 Å². The fourth-order valence-corrected chi connectivity index (χ4v) is 7.09. The molecule has 0 saturated carbocycles. The number of aryl methyl sites for hydroxylation is 1. The first-order chi connectivity index (χ1) is 24.4. The Bertz CT molecular complexity index is 2080. The van der Waals surface area contributed by atoms with Gasteiger partial charge in [-0.25, -0.2) is 4.68 Å². The molecule has 10 heteroatoms. The Morgan fingerprint density at radius 3 is 2.45 bits per heavy atom. The van der Waals surface area contributed by atoms with Gasteiger partial charge >= 0.3 is 0 Å². The molecule has 0 bridgehead atoms. The van der Waals surface area contributed by atoms with Gasteiger partial charge in [-0.3, -0.25) is 4.79 Å². The highest BCUT2D eigenvalue weighted by Gasteiger charge is 2.35. The number of benzene rings is 4. The monoisotopic (exact) mass is 721 g/mol. The second-order valence-corrected chi connectivity index (χ2v) is 15.0. The maximum atomic E-state index is 14.3. The highest BCUT2D eigenvalue weighted by atomic mass is 35.5. The van der Waals surface area contributed by atoms with Gasteiger partial charge in [-0.1, -0.05) is 105 Å². The molecule has 2 N–H and O–H groups in total. The summed E-state index contributed by atoms with van der Waals surface area (Å²) in [6, 6.07) is 27.4.